The number of ether oxygens (including phenoxy) is 1. The fourth-order valence-electron chi connectivity index (χ4n) is 1.21. The van der Waals surface area contributed by atoms with Crippen LogP contribution in [-0.4, -0.2) is 17.3 Å². The first-order chi connectivity index (χ1) is 6.99. The topological polar surface area (TPSA) is 39.2 Å². The molecule has 0 aliphatic carbocycles. The molecule has 0 bridgehead atoms. The van der Waals surface area contributed by atoms with Gasteiger partial charge in [-0.05, 0) is 18.5 Å². The summed E-state index contributed by atoms with van der Waals surface area (Å²) in [5, 5.41) is -0.862. The largest absolute Gasteiger partial charge is 0.495 e. The van der Waals surface area contributed by atoms with Gasteiger partial charge in [-0.25, -0.2) is 8.78 Å². The highest BCUT2D eigenvalue weighted by Crippen LogP contribution is 2.33. The van der Waals surface area contributed by atoms with Gasteiger partial charge in [-0.1, -0.05) is 0 Å². The minimum atomic E-state index is -2.76. The maximum Gasteiger partial charge on any atom is 0.268 e. The zero-order valence-electron chi connectivity index (χ0n) is 8.05. The van der Waals surface area contributed by atoms with Crippen LogP contribution < -0.4 is 4.74 Å². The third-order valence-electron chi connectivity index (χ3n) is 1.88. The molecule has 0 fully saturated rings. The summed E-state index contributed by atoms with van der Waals surface area (Å²) in [4.78, 5) is 14.7. The molecule has 0 aliphatic heterocycles. The summed E-state index contributed by atoms with van der Waals surface area (Å²) in [6.45, 7) is 1.49. The summed E-state index contributed by atoms with van der Waals surface area (Å²) in [7, 11) is 1.20. The second kappa shape index (κ2) is 4.53. The third kappa shape index (κ3) is 2.23. The van der Waals surface area contributed by atoms with Gasteiger partial charge in [0.15, 0.2) is 0 Å². The van der Waals surface area contributed by atoms with Crippen molar-refractivity contribution in [2.75, 3.05) is 7.11 Å². The van der Waals surface area contributed by atoms with Gasteiger partial charge < -0.3 is 4.74 Å². The van der Waals surface area contributed by atoms with E-state index < -0.39 is 17.2 Å². The zero-order valence-corrected chi connectivity index (χ0v) is 8.81. The van der Waals surface area contributed by atoms with Crippen molar-refractivity contribution < 1.29 is 18.3 Å². The SMILES string of the molecule is COc1c(C(F)F)cnc(C)c1C(=O)Cl. The van der Waals surface area contributed by atoms with Crippen molar-refractivity contribution in [3.8, 4) is 5.75 Å². The Hall–Kier alpha value is -1.23. The van der Waals surface area contributed by atoms with Crippen LogP contribution in [0.3, 0.4) is 0 Å². The van der Waals surface area contributed by atoms with Gasteiger partial charge in [0.05, 0.1) is 23.9 Å². The van der Waals surface area contributed by atoms with Gasteiger partial charge >= 0.3 is 0 Å². The Bertz CT molecular complexity index is 396. The molecule has 0 aromatic carbocycles. The van der Waals surface area contributed by atoms with E-state index in [1.54, 1.807) is 0 Å². The lowest BCUT2D eigenvalue weighted by molar-refractivity contribution is 0.107. The first-order valence-corrected chi connectivity index (χ1v) is 4.38. The Kier molecular flexibility index (Phi) is 3.57. The molecule has 82 valence electrons. The van der Waals surface area contributed by atoms with Crippen LogP contribution in [0.15, 0.2) is 6.20 Å². The van der Waals surface area contributed by atoms with Crippen molar-refractivity contribution in [1.82, 2.24) is 4.98 Å². The van der Waals surface area contributed by atoms with Crippen LogP contribution in [0.5, 0.6) is 5.75 Å². The fourth-order valence-corrected chi connectivity index (χ4v) is 1.43. The Morgan fingerprint density at radius 1 is 1.60 bits per heavy atom. The number of alkyl halides is 2. The summed E-state index contributed by atoms with van der Waals surface area (Å²) < 4.78 is 29.8. The fraction of sp³-hybridized carbons (Fsp3) is 0.333. The normalized spacial score (nSPS) is 10.5. The number of methoxy groups -OCH3 is 1. The van der Waals surface area contributed by atoms with Crippen LogP contribution in [0, 0.1) is 6.92 Å². The number of halogens is 3. The van der Waals surface area contributed by atoms with E-state index >= 15 is 0 Å². The summed E-state index contributed by atoms with van der Waals surface area (Å²) in [5.41, 5.74) is -0.291. The molecule has 0 N–H and O–H groups in total. The molecule has 1 aromatic heterocycles. The molecule has 3 nitrogen and oxygen atoms in total. The molecular weight excluding hydrogens is 228 g/mol. The molecule has 0 atom stereocenters. The quantitative estimate of drug-likeness (QED) is 0.756. The van der Waals surface area contributed by atoms with Gasteiger partial charge in [0.2, 0.25) is 0 Å². The van der Waals surface area contributed by atoms with E-state index in [-0.39, 0.29) is 17.0 Å². The van der Waals surface area contributed by atoms with E-state index in [0.29, 0.717) is 0 Å². The van der Waals surface area contributed by atoms with E-state index in [4.69, 9.17) is 16.3 Å². The first-order valence-electron chi connectivity index (χ1n) is 4.00. The van der Waals surface area contributed by atoms with Gasteiger partial charge in [-0.2, -0.15) is 0 Å². The lowest BCUT2D eigenvalue weighted by atomic mass is 10.1. The minimum Gasteiger partial charge on any atom is -0.495 e. The van der Waals surface area contributed by atoms with Crippen LogP contribution in [0.25, 0.3) is 0 Å². The number of pyridine rings is 1. The lowest BCUT2D eigenvalue weighted by Gasteiger charge is -2.11. The average molecular weight is 236 g/mol. The number of carbonyl (C=O) groups excluding carboxylic acids is 1. The molecule has 6 heteroatoms. The monoisotopic (exact) mass is 235 g/mol. The highest BCUT2D eigenvalue weighted by Gasteiger charge is 2.22. The summed E-state index contributed by atoms with van der Waals surface area (Å²) in [5.74, 6) is -0.211. The molecule has 1 rings (SSSR count). The predicted molar refractivity (Wildman–Crippen MR) is 50.7 cm³/mol. The second-order valence-electron chi connectivity index (χ2n) is 2.78. The number of carbonyl (C=O) groups is 1. The maximum absolute atomic E-state index is 12.5. The van der Waals surface area contributed by atoms with Crippen molar-refractivity contribution in [2.45, 2.75) is 13.3 Å². The highest BCUT2D eigenvalue weighted by molar-refractivity contribution is 6.68. The molecule has 15 heavy (non-hydrogen) atoms. The van der Waals surface area contributed by atoms with E-state index in [1.165, 1.54) is 14.0 Å². The first kappa shape index (κ1) is 11.8. The molecular formula is C9H8ClF2NO2. The Labute approximate surface area is 90.0 Å². The number of hydrogen-bond donors (Lipinski definition) is 0. The number of aryl methyl sites for hydroxylation is 1. The number of hydrogen-bond acceptors (Lipinski definition) is 3. The predicted octanol–water partition coefficient (Wildman–Crippen LogP) is 2.72. The van der Waals surface area contributed by atoms with Crippen LogP contribution in [0.1, 0.15) is 28.0 Å². The van der Waals surface area contributed by atoms with E-state index in [1.807, 2.05) is 0 Å². The number of rotatable bonds is 3. The van der Waals surface area contributed by atoms with Gasteiger partial charge in [-0.3, -0.25) is 9.78 Å². The van der Waals surface area contributed by atoms with Crippen molar-refractivity contribution >= 4 is 16.8 Å². The number of aromatic nitrogens is 1. The molecule has 0 unspecified atom stereocenters. The van der Waals surface area contributed by atoms with Crippen LogP contribution in [-0.2, 0) is 0 Å². The van der Waals surface area contributed by atoms with Crippen LogP contribution in [0.4, 0.5) is 8.78 Å². The molecule has 1 heterocycles. The van der Waals surface area contributed by atoms with E-state index in [2.05, 4.69) is 4.98 Å². The lowest BCUT2D eigenvalue weighted by Crippen LogP contribution is -2.05. The van der Waals surface area contributed by atoms with Gasteiger partial charge in [0.1, 0.15) is 5.75 Å². The molecule has 0 aliphatic rings. The molecule has 0 amide bonds. The second-order valence-corrected chi connectivity index (χ2v) is 3.12. The molecule has 0 saturated carbocycles. The Morgan fingerprint density at radius 3 is 2.60 bits per heavy atom. The van der Waals surface area contributed by atoms with Crippen LogP contribution in [0.2, 0.25) is 0 Å². The molecule has 1 aromatic rings. The summed E-state index contributed by atoms with van der Waals surface area (Å²) >= 11 is 5.27. The number of nitrogens with zero attached hydrogens (tertiary/aromatic N) is 1. The van der Waals surface area contributed by atoms with Gasteiger partial charge in [0.25, 0.3) is 11.7 Å². The van der Waals surface area contributed by atoms with E-state index in [9.17, 15) is 13.6 Å². The Balaban J connectivity index is 3.47. The average Bonchev–Trinajstić information content (AvgIpc) is 2.15. The van der Waals surface area contributed by atoms with Crippen molar-refractivity contribution in [2.24, 2.45) is 0 Å². The maximum atomic E-state index is 12.5. The Morgan fingerprint density at radius 2 is 2.20 bits per heavy atom. The third-order valence-corrected chi connectivity index (χ3v) is 2.07. The smallest absolute Gasteiger partial charge is 0.268 e. The zero-order chi connectivity index (χ0) is 11.6. The van der Waals surface area contributed by atoms with Crippen molar-refractivity contribution in [3.05, 3.63) is 23.0 Å². The van der Waals surface area contributed by atoms with Crippen LogP contribution >= 0.6 is 11.6 Å². The summed E-state index contributed by atoms with van der Waals surface area (Å²) in [6.07, 6.45) is -1.79. The minimum absolute atomic E-state index is 0.114. The standard InChI is InChI=1S/C9H8ClF2NO2/c1-4-6(8(10)14)7(15-2)5(3-13-4)9(11)12/h3,9H,1-2H3. The van der Waals surface area contributed by atoms with Gasteiger partial charge in [0, 0.05) is 6.20 Å². The van der Waals surface area contributed by atoms with Crippen molar-refractivity contribution in [1.29, 1.82) is 0 Å². The highest BCUT2D eigenvalue weighted by atomic mass is 35.5. The van der Waals surface area contributed by atoms with Gasteiger partial charge in [-0.15, -0.1) is 0 Å². The molecule has 0 saturated heterocycles. The molecule has 0 radical (unpaired) electrons. The van der Waals surface area contributed by atoms with Crippen molar-refractivity contribution in [3.63, 3.8) is 0 Å². The summed E-state index contributed by atoms with van der Waals surface area (Å²) in [6, 6.07) is 0. The van der Waals surface area contributed by atoms with E-state index in [0.717, 1.165) is 6.20 Å². The molecule has 0 spiro atoms.